The van der Waals surface area contributed by atoms with Crippen LogP contribution in [-0.2, 0) is 6.42 Å². The van der Waals surface area contributed by atoms with Crippen molar-refractivity contribution in [3.05, 3.63) is 65.6 Å². The fourth-order valence-corrected chi connectivity index (χ4v) is 2.81. The molecule has 0 fully saturated rings. The predicted molar refractivity (Wildman–Crippen MR) is 99.9 cm³/mol. The maximum absolute atomic E-state index is 12.4. The number of imidazole rings is 1. The van der Waals surface area contributed by atoms with E-state index in [0.717, 1.165) is 16.9 Å². The Morgan fingerprint density at radius 2 is 2.19 bits per heavy atom. The Kier molecular flexibility index (Phi) is 4.48. The fourth-order valence-electron chi connectivity index (χ4n) is 2.81. The van der Waals surface area contributed by atoms with Gasteiger partial charge in [-0.05, 0) is 42.0 Å². The van der Waals surface area contributed by atoms with Gasteiger partial charge in [0.15, 0.2) is 0 Å². The van der Waals surface area contributed by atoms with Crippen molar-refractivity contribution in [2.45, 2.75) is 13.3 Å². The SMILES string of the molecule is Cc1cccn2cc(CCNC(=O)c3cccc(Nc4nn[nH]n4)c3)nc12. The molecule has 0 saturated carbocycles. The Morgan fingerprint density at radius 3 is 3.00 bits per heavy atom. The number of aromatic amines is 1. The van der Waals surface area contributed by atoms with Gasteiger partial charge in [0.25, 0.3) is 11.9 Å². The van der Waals surface area contributed by atoms with Crippen LogP contribution in [0.4, 0.5) is 11.6 Å². The molecule has 1 aromatic carbocycles. The normalized spacial score (nSPS) is 10.9. The standard InChI is InChI=1S/C18H18N8O/c1-12-4-3-9-26-11-15(20-16(12)26)7-8-19-17(27)13-5-2-6-14(10-13)21-18-22-24-25-23-18/h2-6,9-11H,7-8H2,1H3,(H,19,27)(H2,21,22,23,24,25). The molecule has 4 rings (SSSR count). The number of hydrogen-bond acceptors (Lipinski definition) is 6. The van der Waals surface area contributed by atoms with Crippen LogP contribution in [0.5, 0.6) is 0 Å². The summed E-state index contributed by atoms with van der Waals surface area (Å²) in [6.45, 7) is 2.54. The molecule has 27 heavy (non-hydrogen) atoms. The maximum Gasteiger partial charge on any atom is 0.267 e. The number of fused-ring (bicyclic) bond motifs is 1. The molecule has 0 atom stereocenters. The number of hydrogen-bond donors (Lipinski definition) is 3. The van der Waals surface area contributed by atoms with Crippen molar-refractivity contribution in [1.82, 2.24) is 35.3 Å². The Labute approximate surface area is 154 Å². The van der Waals surface area contributed by atoms with E-state index in [1.54, 1.807) is 18.2 Å². The number of carbonyl (C=O) groups excluding carboxylic acids is 1. The number of nitrogens with zero attached hydrogens (tertiary/aromatic N) is 5. The first-order valence-corrected chi connectivity index (χ1v) is 8.51. The smallest absolute Gasteiger partial charge is 0.267 e. The highest BCUT2D eigenvalue weighted by Gasteiger charge is 2.08. The third kappa shape index (κ3) is 3.76. The highest BCUT2D eigenvalue weighted by atomic mass is 16.1. The Balaban J connectivity index is 1.36. The number of carbonyl (C=O) groups is 1. The quantitative estimate of drug-likeness (QED) is 0.483. The van der Waals surface area contributed by atoms with Crippen LogP contribution in [0.1, 0.15) is 21.6 Å². The third-order valence-electron chi connectivity index (χ3n) is 4.12. The molecule has 3 heterocycles. The molecule has 0 spiro atoms. The number of nitrogens with one attached hydrogen (secondary N) is 3. The van der Waals surface area contributed by atoms with E-state index in [1.807, 2.05) is 41.9 Å². The van der Waals surface area contributed by atoms with Gasteiger partial charge in [-0.2, -0.15) is 5.21 Å². The number of pyridine rings is 1. The summed E-state index contributed by atoms with van der Waals surface area (Å²) in [5.41, 5.74) is 4.27. The first-order valence-electron chi connectivity index (χ1n) is 8.51. The minimum Gasteiger partial charge on any atom is -0.352 e. The van der Waals surface area contributed by atoms with E-state index in [-0.39, 0.29) is 5.91 Å². The number of aryl methyl sites for hydroxylation is 1. The molecule has 136 valence electrons. The first-order chi connectivity index (χ1) is 13.2. The molecule has 4 aromatic rings. The molecular weight excluding hydrogens is 344 g/mol. The molecule has 1 amide bonds. The predicted octanol–water partition coefficient (Wildman–Crippen LogP) is 1.87. The van der Waals surface area contributed by atoms with Gasteiger partial charge in [0.05, 0.1) is 5.69 Å². The molecule has 0 saturated heterocycles. The van der Waals surface area contributed by atoms with Crippen molar-refractivity contribution in [1.29, 1.82) is 0 Å². The number of benzene rings is 1. The first kappa shape index (κ1) is 16.7. The lowest BCUT2D eigenvalue weighted by atomic mass is 10.2. The lowest BCUT2D eigenvalue weighted by molar-refractivity contribution is 0.0954. The number of anilines is 2. The highest BCUT2D eigenvalue weighted by molar-refractivity contribution is 5.95. The van der Waals surface area contributed by atoms with Crippen molar-refractivity contribution < 1.29 is 4.79 Å². The zero-order valence-corrected chi connectivity index (χ0v) is 14.7. The number of amides is 1. The Bertz CT molecular complexity index is 1070. The monoisotopic (exact) mass is 362 g/mol. The van der Waals surface area contributed by atoms with E-state index in [1.165, 1.54) is 0 Å². The van der Waals surface area contributed by atoms with Crippen molar-refractivity contribution >= 4 is 23.2 Å². The van der Waals surface area contributed by atoms with Gasteiger partial charge in [0, 0.05) is 36.6 Å². The second-order valence-corrected chi connectivity index (χ2v) is 6.10. The van der Waals surface area contributed by atoms with Crippen molar-refractivity contribution in [2.75, 3.05) is 11.9 Å². The van der Waals surface area contributed by atoms with Crippen LogP contribution in [0.25, 0.3) is 5.65 Å². The largest absolute Gasteiger partial charge is 0.352 e. The molecule has 9 heteroatoms. The van der Waals surface area contributed by atoms with E-state index < -0.39 is 0 Å². The van der Waals surface area contributed by atoms with Gasteiger partial charge in [-0.1, -0.05) is 17.2 Å². The third-order valence-corrected chi connectivity index (χ3v) is 4.12. The summed E-state index contributed by atoms with van der Waals surface area (Å²) in [6.07, 6.45) is 4.62. The molecule has 9 nitrogen and oxygen atoms in total. The van der Waals surface area contributed by atoms with Gasteiger partial charge < -0.3 is 15.0 Å². The highest BCUT2D eigenvalue weighted by Crippen LogP contribution is 2.14. The van der Waals surface area contributed by atoms with Gasteiger partial charge in [0.1, 0.15) is 5.65 Å². The van der Waals surface area contributed by atoms with E-state index in [4.69, 9.17) is 0 Å². The zero-order chi connectivity index (χ0) is 18.6. The average molecular weight is 362 g/mol. The van der Waals surface area contributed by atoms with Gasteiger partial charge >= 0.3 is 0 Å². The summed E-state index contributed by atoms with van der Waals surface area (Å²) < 4.78 is 2.00. The topological polar surface area (TPSA) is 113 Å². The number of rotatable bonds is 6. The van der Waals surface area contributed by atoms with Crippen molar-refractivity contribution in [3.8, 4) is 0 Å². The summed E-state index contributed by atoms with van der Waals surface area (Å²) >= 11 is 0. The molecule has 3 aromatic heterocycles. The van der Waals surface area contributed by atoms with Crippen LogP contribution < -0.4 is 10.6 Å². The lowest BCUT2D eigenvalue weighted by Crippen LogP contribution is -2.25. The van der Waals surface area contributed by atoms with Gasteiger partial charge in [-0.25, -0.2) is 4.98 Å². The van der Waals surface area contributed by atoms with Crippen LogP contribution in [0.2, 0.25) is 0 Å². The molecule has 3 N–H and O–H groups in total. The molecule has 0 bridgehead atoms. The summed E-state index contributed by atoms with van der Waals surface area (Å²) in [4.78, 5) is 17.0. The summed E-state index contributed by atoms with van der Waals surface area (Å²) in [5.74, 6) is 0.196. The molecule has 0 radical (unpaired) electrons. The van der Waals surface area contributed by atoms with E-state index in [2.05, 4.69) is 36.2 Å². The Hall–Kier alpha value is -3.75. The number of aromatic nitrogens is 6. The molecule has 0 aliphatic carbocycles. The average Bonchev–Trinajstić information content (AvgIpc) is 3.32. The molecular formula is C18H18N8O. The number of H-pyrrole nitrogens is 1. The minimum absolute atomic E-state index is 0.147. The van der Waals surface area contributed by atoms with E-state index >= 15 is 0 Å². The van der Waals surface area contributed by atoms with Crippen molar-refractivity contribution in [3.63, 3.8) is 0 Å². The van der Waals surface area contributed by atoms with Gasteiger partial charge in [-0.15, -0.1) is 5.10 Å². The Morgan fingerprint density at radius 1 is 1.26 bits per heavy atom. The maximum atomic E-state index is 12.4. The fraction of sp³-hybridized carbons (Fsp3) is 0.167. The summed E-state index contributed by atoms with van der Waals surface area (Å²) in [7, 11) is 0. The second kappa shape index (κ2) is 7.24. The molecule has 0 unspecified atom stereocenters. The van der Waals surface area contributed by atoms with E-state index in [0.29, 0.717) is 30.2 Å². The van der Waals surface area contributed by atoms with Crippen molar-refractivity contribution in [2.24, 2.45) is 0 Å². The van der Waals surface area contributed by atoms with E-state index in [9.17, 15) is 4.79 Å². The van der Waals surface area contributed by atoms with Crippen LogP contribution in [0, 0.1) is 6.92 Å². The van der Waals surface area contributed by atoms with Gasteiger partial charge in [-0.3, -0.25) is 4.79 Å². The van der Waals surface area contributed by atoms with Crippen LogP contribution in [0.3, 0.4) is 0 Å². The van der Waals surface area contributed by atoms with Crippen LogP contribution in [-0.4, -0.2) is 42.5 Å². The zero-order valence-electron chi connectivity index (χ0n) is 14.7. The summed E-state index contributed by atoms with van der Waals surface area (Å²) in [6, 6.07) is 11.1. The van der Waals surface area contributed by atoms with Crippen LogP contribution >= 0.6 is 0 Å². The lowest BCUT2D eigenvalue weighted by Gasteiger charge is -2.06. The second-order valence-electron chi connectivity index (χ2n) is 6.10. The summed E-state index contributed by atoms with van der Waals surface area (Å²) in [5, 5.41) is 19.4. The molecule has 0 aliphatic rings. The molecule has 0 aliphatic heterocycles. The van der Waals surface area contributed by atoms with Gasteiger partial charge in [0.2, 0.25) is 0 Å². The minimum atomic E-state index is -0.147. The van der Waals surface area contributed by atoms with Crippen LogP contribution in [0.15, 0.2) is 48.8 Å². The number of tetrazole rings is 1.